The van der Waals surface area contributed by atoms with Gasteiger partial charge in [-0.25, -0.2) is 4.79 Å². The summed E-state index contributed by atoms with van der Waals surface area (Å²) in [5, 5.41) is 2.80. The zero-order chi connectivity index (χ0) is 23.8. The van der Waals surface area contributed by atoms with E-state index in [0.29, 0.717) is 49.0 Å². The molecule has 2 aliphatic heterocycles. The molecule has 0 atom stereocenters. The van der Waals surface area contributed by atoms with E-state index in [0.717, 1.165) is 17.7 Å². The number of nitrogens with zero attached hydrogens (tertiary/aromatic N) is 1. The number of urea groups is 1. The first-order chi connectivity index (χ1) is 15.6. The number of imide groups is 1. The maximum absolute atomic E-state index is 13.0. The highest BCUT2D eigenvalue weighted by molar-refractivity contribution is 6.09. The molecule has 9 nitrogen and oxygen atoms in total. The third kappa shape index (κ3) is 4.67. The standard InChI is InChI=1S/C24H30N2O7/c1-23(2,3)16-6-8-24(9-7-16)21(29)26(22(30)25-24)13-20(28)33-14-17(27)15-4-5-18-19(12-15)32-11-10-31-18/h4-5,12,16H,6-11,13-14H2,1-3H3,(H,25,30). The van der Waals surface area contributed by atoms with Gasteiger partial charge >= 0.3 is 12.0 Å². The summed E-state index contributed by atoms with van der Waals surface area (Å²) in [5.74, 6) is -0.143. The Morgan fingerprint density at radius 1 is 1.12 bits per heavy atom. The number of Topliss-reactive ketones (excluding diaryl/α,β-unsaturated/α-hetero) is 1. The second-order valence-corrected chi connectivity index (χ2v) is 9.99. The third-order valence-electron chi connectivity index (χ3n) is 6.83. The molecule has 4 rings (SSSR count). The van der Waals surface area contributed by atoms with E-state index >= 15 is 0 Å². The molecule has 1 saturated carbocycles. The Balaban J connectivity index is 1.31. The van der Waals surface area contributed by atoms with E-state index < -0.39 is 42.4 Å². The Bertz CT molecular complexity index is 974. The van der Waals surface area contributed by atoms with Crippen LogP contribution < -0.4 is 14.8 Å². The highest BCUT2D eigenvalue weighted by Gasteiger charge is 2.53. The van der Waals surface area contributed by atoms with E-state index in [1.54, 1.807) is 18.2 Å². The molecule has 0 unspecified atom stereocenters. The molecule has 1 aromatic carbocycles. The van der Waals surface area contributed by atoms with Gasteiger partial charge in [0.15, 0.2) is 23.9 Å². The van der Waals surface area contributed by atoms with Crippen molar-refractivity contribution >= 4 is 23.7 Å². The zero-order valence-corrected chi connectivity index (χ0v) is 19.3. The van der Waals surface area contributed by atoms with Crippen molar-refractivity contribution in [3.63, 3.8) is 0 Å². The molecule has 1 saturated heterocycles. The van der Waals surface area contributed by atoms with Crippen LogP contribution in [0.2, 0.25) is 0 Å². The molecule has 1 aliphatic carbocycles. The lowest BCUT2D eigenvalue weighted by Crippen LogP contribution is -2.50. The van der Waals surface area contributed by atoms with Crippen LogP contribution in [-0.2, 0) is 14.3 Å². The van der Waals surface area contributed by atoms with E-state index in [1.165, 1.54) is 0 Å². The quantitative estimate of drug-likeness (QED) is 0.410. The van der Waals surface area contributed by atoms with Gasteiger partial charge in [-0.2, -0.15) is 0 Å². The van der Waals surface area contributed by atoms with Crippen LogP contribution in [0.1, 0.15) is 56.8 Å². The minimum atomic E-state index is -0.944. The summed E-state index contributed by atoms with van der Waals surface area (Å²) in [6.45, 7) is 6.35. The van der Waals surface area contributed by atoms with Crippen molar-refractivity contribution in [2.75, 3.05) is 26.4 Å². The summed E-state index contributed by atoms with van der Waals surface area (Å²) in [4.78, 5) is 51.1. The highest BCUT2D eigenvalue weighted by Crippen LogP contribution is 2.43. The SMILES string of the molecule is CC(C)(C)C1CCC2(CC1)NC(=O)N(CC(=O)OCC(=O)c1ccc3c(c1)OCCO3)C2=O. The largest absolute Gasteiger partial charge is 0.486 e. The van der Waals surface area contributed by atoms with Crippen molar-refractivity contribution in [1.29, 1.82) is 0 Å². The number of fused-ring (bicyclic) bond motifs is 1. The second-order valence-electron chi connectivity index (χ2n) is 9.99. The number of rotatable bonds is 5. The maximum atomic E-state index is 13.0. The maximum Gasteiger partial charge on any atom is 0.326 e. The number of hydrogen-bond acceptors (Lipinski definition) is 7. The molecule has 0 aromatic heterocycles. The highest BCUT2D eigenvalue weighted by atomic mass is 16.6. The molecule has 178 valence electrons. The second kappa shape index (κ2) is 8.68. The van der Waals surface area contributed by atoms with Gasteiger partial charge < -0.3 is 19.5 Å². The third-order valence-corrected chi connectivity index (χ3v) is 6.83. The van der Waals surface area contributed by atoms with E-state index in [-0.39, 0.29) is 5.41 Å². The topological polar surface area (TPSA) is 111 Å². The summed E-state index contributed by atoms with van der Waals surface area (Å²) in [6, 6.07) is 4.15. The first kappa shape index (κ1) is 23.1. The average molecular weight is 459 g/mol. The van der Waals surface area contributed by atoms with Gasteiger partial charge in [0.1, 0.15) is 25.3 Å². The van der Waals surface area contributed by atoms with Crippen molar-refractivity contribution in [3.05, 3.63) is 23.8 Å². The molecule has 1 aromatic rings. The minimum absolute atomic E-state index is 0.139. The monoisotopic (exact) mass is 458 g/mol. The van der Waals surface area contributed by atoms with Crippen LogP contribution in [0.15, 0.2) is 18.2 Å². The van der Waals surface area contributed by atoms with Crippen LogP contribution >= 0.6 is 0 Å². The van der Waals surface area contributed by atoms with Gasteiger partial charge in [-0.15, -0.1) is 0 Å². The lowest BCUT2D eigenvalue weighted by Gasteiger charge is -2.40. The predicted molar refractivity (Wildman–Crippen MR) is 117 cm³/mol. The fourth-order valence-corrected chi connectivity index (χ4v) is 4.76. The van der Waals surface area contributed by atoms with Gasteiger partial charge in [-0.3, -0.25) is 19.3 Å². The van der Waals surface area contributed by atoms with Crippen molar-refractivity contribution in [2.45, 2.75) is 52.0 Å². The Morgan fingerprint density at radius 2 is 1.79 bits per heavy atom. The van der Waals surface area contributed by atoms with Gasteiger partial charge in [-0.05, 0) is 55.2 Å². The Hall–Kier alpha value is -3.10. The molecule has 0 radical (unpaired) electrons. The number of amides is 3. The first-order valence-electron chi connectivity index (χ1n) is 11.3. The van der Waals surface area contributed by atoms with Crippen molar-refractivity contribution in [3.8, 4) is 11.5 Å². The molecular weight excluding hydrogens is 428 g/mol. The Labute approximate surface area is 192 Å². The number of esters is 1. The fourth-order valence-electron chi connectivity index (χ4n) is 4.76. The molecule has 2 fully saturated rings. The lowest BCUT2D eigenvalue weighted by molar-refractivity contribution is -0.147. The van der Waals surface area contributed by atoms with E-state index in [1.807, 2.05) is 0 Å². The average Bonchev–Trinajstić information content (AvgIpc) is 3.00. The normalized spacial score (nSPS) is 24.6. The van der Waals surface area contributed by atoms with Crippen molar-refractivity contribution < 1.29 is 33.4 Å². The summed E-state index contributed by atoms with van der Waals surface area (Å²) < 4.78 is 15.9. The molecule has 3 aliphatic rings. The van der Waals surface area contributed by atoms with Gasteiger partial charge in [0.2, 0.25) is 0 Å². The number of hydrogen-bond donors (Lipinski definition) is 1. The number of nitrogens with one attached hydrogen (secondary N) is 1. The number of ketones is 1. The fraction of sp³-hybridized carbons (Fsp3) is 0.583. The Kier molecular flexibility index (Phi) is 6.07. The number of ether oxygens (including phenoxy) is 3. The zero-order valence-electron chi connectivity index (χ0n) is 19.3. The number of carbonyl (C=O) groups excluding carboxylic acids is 4. The number of carbonyl (C=O) groups is 4. The molecule has 1 N–H and O–H groups in total. The first-order valence-corrected chi connectivity index (χ1v) is 11.3. The van der Waals surface area contributed by atoms with E-state index in [9.17, 15) is 19.2 Å². The molecule has 33 heavy (non-hydrogen) atoms. The minimum Gasteiger partial charge on any atom is -0.486 e. The molecule has 9 heteroatoms. The van der Waals surface area contributed by atoms with Crippen LogP contribution in [0.4, 0.5) is 4.79 Å². The lowest BCUT2D eigenvalue weighted by atomic mass is 9.67. The van der Waals surface area contributed by atoms with Crippen LogP contribution in [-0.4, -0.2) is 60.5 Å². The van der Waals surface area contributed by atoms with Gasteiger partial charge in [0.05, 0.1) is 0 Å². The van der Waals surface area contributed by atoms with Gasteiger partial charge in [0, 0.05) is 5.56 Å². The smallest absolute Gasteiger partial charge is 0.326 e. The molecule has 2 heterocycles. The van der Waals surface area contributed by atoms with Crippen molar-refractivity contribution in [2.24, 2.45) is 11.3 Å². The summed E-state index contributed by atoms with van der Waals surface area (Å²) >= 11 is 0. The van der Waals surface area contributed by atoms with E-state index in [2.05, 4.69) is 26.1 Å². The van der Waals surface area contributed by atoms with Crippen LogP contribution in [0, 0.1) is 11.3 Å². The number of benzene rings is 1. The summed E-state index contributed by atoms with van der Waals surface area (Å²) in [6.07, 6.45) is 2.76. The van der Waals surface area contributed by atoms with Crippen LogP contribution in [0.25, 0.3) is 0 Å². The van der Waals surface area contributed by atoms with E-state index in [4.69, 9.17) is 14.2 Å². The predicted octanol–water partition coefficient (Wildman–Crippen LogP) is 2.71. The molecular formula is C24H30N2O7. The van der Waals surface area contributed by atoms with Crippen molar-refractivity contribution in [1.82, 2.24) is 10.2 Å². The van der Waals surface area contributed by atoms with Crippen LogP contribution in [0.5, 0.6) is 11.5 Å². The molecule has 1 spiro atoms. The molecule has 0 bridgehead atoms. The molecule has 3 amide bonds. The van der Waals surface area contributed by atoms with Crippen LogP contribution in [0.3, 0.4) is 0 Å². The van der Waals surface area contributed by atoms with Gasteiger partial charge in [0.25, 0.3) is 5.91 Å². The summed E-state index contributed by atoms with van der Waals surface area (Å²) in [5.41, 5.74) is -0.489. The summed E-state index contributed by atoms with van der Waals surface area (Å²) in [7, 11) is 0. The Morgan fingerprint density at radius 3 is 2.45 bits per heavy atom. The van der Waals surface area contributed by atoms with Gasteiger partial charge in [-0.1, -0.05) is 20.8 Å².